The maximum absolute atomic E-state index is 12.5. The van der Waals surface area contributed by atoms with E-state index in [0.29, 0.717) is 45.2 Å². The van der Waals surface area contributed by atoms with Gasteiger partial charge in [-0.1, -0.05) is 59.1 Å². The molecule has 0 bridgehead atoms. The smallest absolute Gasteiger partial charge is 0.349 e. The number of esters is 1. The molecule has 1 unspecified atom stereocenters. The highest BCUT2D eigenvalue weighted by Gasteiger charge is 2.32. The van der Waals surface area contributed by atoms with Gasteiger partial charge in [-0.3, -0.25) is 0 Å². The van der Waals surface area contributed by atoms with Gasteiger partial charge in [-0.15, -0.1) is 0 Å². The summed E-state index contributed by atoms with van der Waals surface area (Å²) in [6, 6.07) is 25.1. The van der Waals surface area contributed by atoms with Crippen LogP contribution in [0.5, 0.6) is 28.7 Å². The first-order valence-corrected chi connectivity index (χ1v) is 14.5. The largest absolute Gasteiger partial charge is 0.490 e. The molecule has 1 aliphatic rings. The lowest BCUT2D eigenvalue weighted by atomic mass is 9.83. The van der Waals surface area contributed by atoms with E-state index >= 15 is 0 Å². The van der Waals surface area contributed by atoms with Gasteiger partial charge in [-0.05, 0) is 61.9 Å². The Bertz CT molecular complexity index is 1770. The average molecular weight is 632 g/mol. The van der Waals surface area contributed by atoms with Crippen LogP contribution in [0.15, 0.2) is 90.3 Å². The van der Waals surface area contributed by atoms with Crippen molar-refractivity contribution in [3.63, 3.8) is 0 Å². The van der Waals surface area contributed by atoms with Crippen molar-refractivity contribution in [2.45, 2.75) is 26.4 Å². The van der Waals surface area contributed by atoms with Crippen molar-refractivity contribution in [2.24, 2.45) is 5.73 Å². The first-order valence-electron chi connectivity index (χ1n) is 13.7. The Morgan fingerprint density at radius 1 is 0.932 bits per heavy atom. The van der Waals surface area contributed by atoms with Crippen LogP contribution in [0.4, 0.5) is 0 Å². The van der Waals surface area contributed by atoms with E-state index in [2.05, 4.69) is 6.07 Å². The summed E-state index contributed by atoms with van der Waals surface area (Å²) in [5, 5.41) is 11.0. The zero-order valence-corrected chi connectivity index (χ0v) is 25.4. The van der Waals surface area contributed by atoms with Crippen molar-refractivity contribution in [1.29, 1.82) is 5.26 Å². The average Bonchev–Trinajstić information content (AvgIpc) is 3.00. The molecule has 2 N–H and O–H groups in total. The molecular weight excluding hydrogens is 603 g/mol. The predicted molar refractivity (Wildman–Crippen MR) is 166 cm³/mol. The van der Waals surface area contributed by atoms with Gasteiger partial charge in [0.2, 0.25) is 5.88 Å². The molecule has 0 spiro atoms. The number of carbonyl (C=O) groups is 1. The van der Waals surface area contributed by atoms with Crippen LogP contribution in [0.1, 0.15) is 35.1 Å². The SMILES string of the molecule is CCOc1cc(C2C(C#N)=C(N)Oc3cc(OC(=O)COc4ccc(C)cc4)ccc32)ccc1OCc1ccc(Cl)cc1Cl. The number of hydrogen-bond donors (Lipinski definition) is 1. The summed E-state index contributed by atoms with van der Waals surface area (Å²) in [6.45, 7) is 4.14. The fraction of sp³-hybridized carbons (Fsp3) is 0.176. The van der Waals surface area contributed by atoms with Crippen LogP contribution >= 0.6 is 23.2 Å². The minimum Gasteiger partial charge on any atom is -0.490 e. The summed E-state index contributed by atoms with van der Waals surface area (Å²) < 4.78 is 28.7. The van der Waals surface area contributed by atoms with Crippen molar-refractivity contribution < 1.29 is 28.5 Å². The lowest BCUT2D eigenvalue weighted by molar-refractivity contribution is -0.136. The summed E-state index contributed by atoms with van der Waals surface area (Å²) in [7, 11) is 0. The molecule has 1 heterocycles. The molecule has 44 heavy (non-hydrogen) atoms. The summed E-state index contributed by atoms with van der Waals surface area (Å²) in [6.07, 6.45) is 0. The highest BCUT2D eigenvalue weighted by molar-refractivity contribution is 6.35. The fourth-order valence-electron chi connectivity index (χ4n) is 4.67. The van der Waals surface area contributed by atoms with E-state index in [4.69, 9.17) is 52.6 Å². The van der Waals surface area contributed by atoms with Crippen molar-refractivity contribution in [3.8, 4) is 34.8 Å². The van der Waals surface area contributed by atoms with Gasteiger partial charge in [0.15, 0.2) is 18.1 Å². The van der Waals surface area contributed by atoms with Crippen LogP contribution in [-0.4, -0.2) is 19.2 Å². The van der Waals surface area contributed by atoms with E-state index in [1.165, 1.54) is 0 Å². The predicted octanol–water partition coefficient (Wildman–Crippen LogP) is 7.48. The topological polar surface area (TPSA) is 113 Å². The monoisotopic (exact) mass is 630 g/mol. The van der Waals surface area contributed by atoms with Gasteiger partial charge in [-0.25, -0.2) is 4.79 Å². The molecule has 10 heteroatoms. The molecule has 0 radical (unpaired) electrons. The number of benzene rings is 4. The second-order valence-electron chi connectivity index (χ2n) is 9.86. The number of halogens is 2. The van der Waals surface area contributed by atoms with E-state index in [0.717, 1.165) is 16.7 Å². The van der Waals surface area contributed by atoms with Crippen molar-refractivity contribution in [3.05, 3.63) is 123 Å². The lowest BCUT2D eigenvalue weighted by Crippen LogP contribution is -2.22. The molecule has 0 aliphatic carbocycles. The van der Waals surface area contributed by atoms with Crippen LogP contribution in [-0.2, 0) is 11.4 Å². The summed E-state index contributed by atoms with van der Waals surface area (Å²) in [5.74, 6) is 0.931. The quantitative estimate of drug-likeness (QED) is 0.142. The first-order chi connectivity index (χ1) is 21.2. The standard InChI is InChI=1S/C34H28Cl2N2O6/c1-3-40-31-14-21(7-13-29(31)42-18-22-6-8-23(35)15-28(22)36)33-26-12-11-25(16-30(26)44-34(38)27(33)17-37)43-32(39)19-41-24-9-4-20(2)5-10-24/h4-16,33H,3,18-19,38H2,1-2H3. The van der Waals surface area contributed by atoms with Gasteiger partial charge in [-0.2, -0.15) is 5.26 Å². The number of hydrogen-bond acceptors (Lipinski definition) is 8. The Hall–Kier alpha value is -4.84. The molecule has 4 aromatic carbocycles. The van der Waals surface area contributed by atoms with E-state index in [9.17, 15) is 10.1 Å². The Labute approximate surface area is 265 Å². The van der Waals surface area contributed by atoms with E-state index in [1.54, 1.807) is 54.6 Å². The molecule has 8 nitrogen and oxygen atoms in total. The van der Waals surface area contributed by atoms with Crippen LogP contribution in [0.3, 0.4) is 0 Å². The van der Waals surface area contributed by atoms with E-state index < -0.39 is 11.9 Å². The Balaban J connectivity index is 1.37. The zero-order valence-electron chi connectivity index (χ0n) is 23.9. The summed E-state index contributed by atoms with van der Waals surface area (Å²) >= 11 is 12.3. The second kappa shape index (κ2) is 13.6. The number of ether oxygens (including phenoxy) is 5. The number of nitrogens with zero attached hydrogens (tertiary/aromatic N) is 1. The Kier molecular flexibility index (Phi) is 9.49. The molecule has 0 saturated carbocycles. The highest BCUT2D eigenvalue weighted by Crippen LogP contribution is 2.45. The molecule has 224 valence electrons. The molecule has 0 saturated heterocycles. The van der Waals surface area contributed by atoms with Crippen LogP contribution in [0.2, 0.25) is 10.0 Å². The van der Waals surface area contributed by atoms with E-state index in [1.807, 2.05) is 38.1 Å². The first kappa shape index (κ1) is 30.6. The zero-order chi connectivity index (χ0) is 31.2. The number of nitrogens with two attached hydrogens (primary N) is 1. The molecular formula is C34H28Cl2N2O6. The molecule has 0 amide bonds. The maximum atomic E-state index is 12.5. The van der Waals surface area contributed by atoms with Crippen LogP contribution in [0, 0.1) is 18.3 Å². The number of allylic oxidation sites excluding steroid dienone is 1. The molecule has 0 fully saturated rings. The van der Waals surface area contributed by atoms with Crippen molar-refractivity contribution >= 4 is 29.2 Å². The van der Waals surface area contributed by atoms with Gasteiger partial charge in [0, 0.05) is 27.2 Å². The molecule has 4 aromatic rings. The van der Waals surface area contributed by atoms with Crippen molar-refractivity contribution in [2.75, 3.05) is 13.2 Å². The third kappa shape index (κ3) is 7.03. The number of rotatable bonds is 10. The number of fused-ring (bicyclic) bond motifs is 1. The number of aryl methyl sites for hydroxylation is 1. The van der Waals surface area contributed by atoms with Gasteiger partial charge < -0.3 is 29.4 Å². The molecule has 5 rings (SSSR count). The van der Waals surface area contributed by atoms with Crippen LogP contribution < -0.4 is 29.4 Å². The van der Waals surface area contributed by atoms with Crippen molar-refractivity contribution in [1.82, 2.24) is 0 Å². The maximum Gasteiger partial charge on any atom is 0.349 e. The normalized spacial score (nSPS) is 13.8. The lowest BCUT2D eigenvalue weighted by Gasteiger charge is -2.27. The minimum atomic E-state index is -0.587. The minimum absolute atomic E-state index is 0.0492. The second-order valence-corrected chi connectivity index (χ2v) is 10.7. The molecule has 1 aliphatic heterocycles. The molecule has 0 aromatic heterocycles. The van der Waals surface area contributed by atoms with Gasteiger partial charge in [0.25, 0.3) is 0 Å². The van der Waals surface area contributed by atoms with Gasteiger partial charge >= 0.3 is 5.97 Å². The molecule has 1 atom stereocenters. The van der Waals surface area contributed by atoms with Gasteiger partial charge in [0.1, 0.15) is 35.5 Å². The third-order valence-corrected chi connectivity index (χ3v) is 7.39. The van der Waals surface area contributed by atoms with Gasteiger partial charge in [0.05, 0.1) is 12.5 Å². The van der Waals surface area contributed by atoms with Crippen LogP contribution in [0.25, 0.3) is 0 Å². The number of nitriles is 1. The summed E-state index contributed by atoms with van der Waals surface area (Å²) in [5.41, 5.74) is 9.67. The Morgan fingerprint density at radius 2 is 1.70 bits per heavy atom. The van der Waals surface area contributed by atoms with E-state index in [-0.39, 0.29) is 30.4 Å². The Morgan fingerprint density at radius 3 is 2.43 bits per heavy atom. The fourth-order valence-corrected chi connectivity index (χ4v) is 5.13. The number of carbonyl (C=O) groups excluding carboxylic acids is 1. The summed E-state index contributed by atoms with van der Waals surface area (Å²) in [4.78, 5) is 12.5. The third-order valence-electron chi connectivity index (χ3n) is 6.80. The highest BCUT2D eigenvalue weighted by atomic mass is 35.5.